The van der Waals surface area contributed by atoms with Crippen LogP contribution in [0.2, 0.25) is 0 Å². The van der Waals surface area contributed by atoms with E-state index >= 15 is 0 Å². The van der Waals surface area contributed by atoms with E-state index in [9.17, 15) is 14.4 Å². The van der Waals surface area contributed by atoms with Crippen LogP contribution in [0.25, 0.3) is 0 Å². The molecule has 33 heavy (non-hydrogen) atoms. The number of H-pyrrole nitrogens is 1. The molecule has 0 aliphatic carbocycles. The second-order valence-electron chi connectivity index (χ2n) is 8.11. The molecule has 0 spiro atoms. The van der Waals surface area contributed by atoms with Gasteiger partial charge in [-0.3, -0.25) is 14.4 Å². The molecule has 0 unspecified atom stereocenters. The minimum atomic E-state index is -0.744. The Morgan fingerprint density at radius 1 is 1.12 bits per heavy atom. The van der Waals surface area contributed by atoms with Gasteiger partial charge in [0.25, 0.3) is 17.7 Å². The number of nitrogens with two attached hydrogens (primary N) is 1. The number of hydrogen-bond donors (Lipinski definition) is 3. The van der Waals surface area contributed by atoms with E-state index in [1.165, 1.54) is 0 Å². The van der Waals surface area contributed by atoms with Crippen molar-refractivity contribution in [2.45, 2.75) is 39.0 Å². The van der Waals surface area contributed by atoms with Gasteiger partial charge in [0.2, 0.25) is 0 Å². The smallest absolute Gasteiger partial charge is 0.289 e. The zero-order valence-corrected chi connectivity index (χ0v) is 18.5. The van der Waals surface area contributed by atoms with Crippen LogP contribution in [-0.2, 0) is 12.8 Å². The van der Waals surface area contributed by atoms with Crippen molar-refractivity contribution in [1.82, 2.24) is 14.9 Å². The van der Waals surface area contributed by atoms with Gasteiger partial charge in [0, 0.05) is 18.7 Å². The van der Waals surface area contributed by atoms with Crippen molar-refractivity contribution in [2.75, 3.05) is 18.4 Å². The van der Waals surface area contributed by atoms with Crippen molar-refractivity contribution in [2.24, 2.45) is 5.73 Å². The molecule has 1 aliphatic heterocycles. The summed E-state index contributed by atoms with van der Waals surface area (Å²) in [5.74, 6) is -0.0528. The van der Waals surface area contributed by atoms with Gasteiger partial charge in [-0.25, -0.2) is 4.98 Å². The van der Waals surface area contributed by atoms with Crippen LogP contribution < -0.4 is 11.1 Å². The highest BCUT2D eigenvalue weighted by atomic mass is 16.4. The number of benzene rings is 1. The summed E-state index contributed by atoms with van der Waals surface area (Å²) in [4.78, 5) is 46.0. The summed E-state index contributed by atoms with van der Waals surface area (Å²) in [5, 5.41) is 2.65. The molecular formula is C24H27N5O4. The lowest BCUT2D eigenvalue weighted by atomic mass is 10.1. The third kappa shape index (κ3) is 5.14. The standard InChI is InChI=1S/C24H27N5O4/c1-2-5-15-6-8-16(9-7-15)23(31)28-22-20(21(25)30)26-19(27-22)14-17-10-11-18(33-17)24(32)29-12-3-4-13-29/h6-11H,2-5,12-14H2,1H3,(H2,25,30)(H,26,27)(H,28,31). The molecule has 2 aromatic heterocycles. The van der Waals surface area contributed by atoms with Crippen LogP contribution in [0.3, 0.4) is 0 Å². The lowest BCUT2D eigenvalue weighted by Crippen LogP contribution is -2.27. The van der Waals surface area contributed by atoms with Crippen LogP contribution >= 0.6 is 0 Å². The summed E-state index contributed by atoms with van der Waals surface area (Å²) in [6, 6.07) is 10.6. The summed E-state index contributed by atoms with van der Waals surface area (Å²) in [6.07, 6.45) is 4.16. The number of carbonyl (C=O) groups is 3. The number of aromatic nitrogens is 2. The highest BCUT2D eigenvalue weighted by molar-refractivity contribution is 6.07. The molecular weight excluding hydrogens is 422 g/mol. The van der Waals surface area contributed by atoms with Gasteiger partial charge in [-0.2, -0.15) is 0 Å². The number of anilines is 1. The summed E-state index contributed by atoms with van der Waals surface area (Å²) in [6.45, 7) is 3.56. The van der Waals surface area contributed by atoms with Gasteiger partial charge >= 0.3 is 0 Å². The number of imidazole rings is 1. The molecule has 9 heteroatoms. The Bertz CT molecular complexity index is 1160. The minimum absolute atomic E-state index is 0.000811. The predicted molar refractivity (Wildman–Crippen MR) is 122 cm³/mol. The summed E-state index contributed by atoms with van der Waals surface area (Å²) in [5.41, 5.74) is 7.07. The van der Waals surface area contributed by atoms with Crippen molar-refractivity contribution in [3.63, 3.8) is 0 Å². The number of aromatic amines is 1. The van der Waals surface area contributed by atoms with Crippen molar-refractivity contribution in [3.8, 4) is 0 Å². The highest BCUT2D eigenvalue weighted by Gasteiger charge is 2.23. The number of amides is 3. The fourth-order valence-electron chi connectivity index (χ4n) is 3.89. The van der Waals surface area contributed by atoms with E-state index in [2.05, 4.69) is 22.2 Å². The van der Waals surface area contributed by atoms with Crippen LogP contribution in [-0.4, -0.2) is 45.7 Å². The number of rotatable bonds is 8. The van der Waals surface area contributed by atoms with Crippen LogP contribution in [0, 0.1) is 0 Å². The van der Waals surface area contributed by atoms with Gasteiger partial charge in [-0.05, 0) is 49.1 Å². The summed E-state index contributed by atoms with van der Waals surface area (Å²) < 4.78 is 5.70. The predicted octanol–water partition coefficient (Wildman–Crippen LogP) is 3.13. The Balaban J connectivity index is 1.47. The monoisotopic (exact) mass is 449 g/mol. The van der Waals surface area contributed by atoms with Gasteiger partial charge in [0.1, 0.15) is 17.3 Å². The SMILES string of the molecule is CCCc1ccc(C(=O)Nc2nc(Cc3ccc(C(=O)N4CCCC4)o3)[nH]c2C(N)=O)cc1. The molecule has 1 aromatic carbocycles. The Morgan fingerprint density at radius 3 is 2.52 bits per heavy atom. The number of likely N-dealkylation sites (tertiary alicyclic amines) is 1. The minimum Gasteiger partial charge on any atom is -0.455 e. The average molecular weight is 450 g/mol. The van der Waals surface area contributed by atoms with E-state index in [0.29, 0.717) is 17.1 Å². The Morgan fingerprint density at radius 2 is 1.85 bits per heavy atom. The molecule has 1 aliphatic rings. The lowest BCUT2D eigenvalue weighted by Gasteiger charge is -2.12. The van der Waals surface area contributed by atoms with E-state index in [1.807, 2.05) is 12.1 Å². The summed E-state index contributed by atoms with van der Waals surface area (Å²) in [7, 11) is 0. The Hall–Kier alpha value is -3.88. The first-order chi connectivity index (χ1) is 15.9. The van der Waals surface area contributed by atoms with E-state index in [-0.39, 0.29) is 29.6 Å². The van der Waals surface area contributed by atoms with Gasteiger partial charge in [-0.15, -0.1) is 0 Å². The number of furan rings is 1. The number of nitrogens with zero attached hydrogens (tertiary/aromatic N) is 2. The number of nitrogens with one attached hydrogen (secondary N) is 2. The largest absolute Gasteiger partial charge is 0.455 e. The fraction of sp³-hybridized carbons (Fsp3) is 0.333. The third-order valence-corrected chi connectivity index (χ3v) is 5.59. The molecule has 3 amide bonds. The van der Waals surface area contributed by atoms with Crippen LogP contribution in [0.15, 0.2) is 40.8 Å². The quantitative estimate of drug-likeness (QED) is 0.486. The molecule has 0 saturated carbocycles. The molecule has 4 rings (SSSR count). The maximum atomic E-state index is 12.7. The molecule has 4 N–H and O–H groups in total. The maximum absolute atomic E-state index is 12.7. The fourth-order valence-corrected chi connectivity index (χ4v) is 3.89. The van der Waals surface area contributed by atoms with Crippen molar-refractivity contribution >= 4 is 23.5 Å². The first kappa shape index (κ1) is 22.3. The molecule has 9 nitrogen and oxygen atoms in total. The molecule has 3 heterocycles. The van der Waals surface area contributed by atoms with Crippen LogP contribution in [0.1, 0.15) is 74.7 Å². The summed E-state index contributed by atoms with van der Waals surface area (Å²) >= 11 is 0. The number of primary amides is 1. The van der Waals surface area contributed by atoms with Gasteiger partial charge in [0.05, 0.1) is 6.42 Å². The Kier molecular flexibility index (Phi) is 6.58. The first-order valence-corrected chi connectivity index (χ1v) is 11.1. The first-order valence-electron chi connectivity index (χ1n) is 11.1. The number of carbonyl (C=O) groups excluding carboxylic acids is 3. The molecule has 1 saturated heterocycles. The average Bonchev–Trinajstić information content (AvgIpc) is 3.56. The number of aryl methyl sites for hydroxylation is 1. The molecule has 0 radical (unpaired) electrons. The van der Waals surface area contributed by atoms with Crippen molar-refractivity contribution < 1.29 is 18.8 Å². The van der Waals surface area contributed by atoms with Gasteiger partial charge in [0.15, 0.2) is 11.6 Å². The van der Waals surface area contributed by atoms with Gasteiger partial charge in [-0.1, -0.05) is 25.5 Å². The molecule has 0 bridgehead atoms. The van der Waals surface area contributed by atoms with E-state index in [4.69, 9.17) is 10.2 Å². The lowest BCUT2D eigenvalue weighted by molar-refractivity contribution is 0.0759. The zero-order valence-electron chi connectivity index (χ0n) is 18.5. The maximum Gasteiger partial charge on any atom is 0.289 e. The van der Waals surface area contributed by atoms with Crippen LogP contribution in [0.5, 0.6) is 0 Å². The molecule has 172 valence electrons. The molecule has 3 aromatic rings. The van der Waals surface area contributed by atoms with E-state index in [0.717, 1.165) is 44.3 Å². The normalized spacial score (nSPS) is 13.3. The zero-order chi connectivity index (χ0) is 23.4. The van der Waals surface area contributed by atoms with Crippen molar-refractivity contribution in [1.29, 1.82) is 0 Å². The highest BCUT2D eigenvalue weighted by Crippen LogP contribution is 2.20. The number of hydrogen-bond acceptors (Lipinski definition) is 5. The van der Waals surface area contributed by atoms with Gasteiger partial charge < -0.3 is 25.4 Å². The molecule has 0 atom stereocenters. The topological polar surface area (TPSA) is 134 Å². The third-order valence-electron chi connectivity index (χ3n) is 5.59. The second kappa shape index (κ2) is 9.72. The Labute approximate surface area is 191 Å². The van der Waals surface area contributed by atoms with E-state index in [1.54, 1.807) is 29.2 Å². The second-order valence-corrected chi connectivity index (χ2v) is 8.11. The molecule has 1 fully saturated rings. The van der Waals surface area contributed by atoms with Crippen LogP contribution in [0.4, 0.5) is 5.82 Å². The van der Waals surface area contributed by atoms with Crippen molar-refractivity contribution in [3.05, 3.63) is 70.6 Å². The van der Waals surface area contributed by atoms with E-state index < -0.39 is 11.8 Å².